The lowest BCUT2D eigenvalue weighted by atomic mass is 10.2. The van der Waals surface area contributed by atoms with Crippen LogP contribution in [0.25, 0.3) is 0 Å². The van der Waals surface area contributed by atoms with Crippen LogP contribution >= 0.6 is 11.6 Å². The molecule has 0 radical (unpaired) electrons. The molecule has 3 nitrogen and oxygen atoms in total. The van der Waals surface area contributed by atoms with Crippen LogP contribution < -0.4 is 4.90 Å². The second-order valence-electron chi connectivity index (χ2n) is 4.16. The fraction of sp³-hybridized carbons (Fsp3) is 0.545. The molecule has 18 heavy (non-hydrogen) atoms. The van der Waals surface area contributed by atoms with Crippen LogP contribution in [0, 0.1) is 0 Å². The molecule has 100 valence electrons. The van der Waals surface area contributed by atoms with E-state index in [0.29, 0.717) is 13.2 Å². The van der Waals surface area contributed by atoms with Gasteiger partial charge in [0.15, 0.2) is 0 Å². The van der Waals surface area contributed by atoms with Crippen LogP contribution in [0.15, 0.2) is 12.1 Å². The number of anilines is 1. The molecule has 0 amide bonds. The van der Waals surface area contributed by atoms with Gasteiger partial charge in [-0.15, -0.1) is 0 Å². The molecule has 0 aromatic carbocycles. The molecule has 2 rings (SSSR count). The number of aromatic nitrogens is 1. The third-order valence-electron chi connectivity index (χ3n) is 2.92. The van der Waals surface area contributed by atoms with Gasteiger partial charge in [0, 0.05) is 13.7 Å². The summed E-state index contributed by atoms with van der Waals surface area (Å²) in [5, 5.41) is -0.161. The van der Waals surface area contributed by atoms with Crippen LogP contribution in [0.3, 0.4) is 0 Å². The highest BCUT2D eigenvalue weighted by Crippen LogP contribution is 2.33. The van der Waals surface area contributed by atoms with Crippen molar-refractivity contribution in [1.29, 1.82) is 0 Å². The van der Waals surface area contributed by atoms with Crippen LogP contribution in [-0.2, 0) is 10.9 Å². The molecule has 1 fully saturated rings. The largest absolute Gasteiger partial charge is 0.416 e. The Kier molecular flexibility index (Phi) is 3.68. The maximum absolute atomic E-state index is 12.7. The average molecular weight is 281 g/mol. The summed E-state index contributed by atoms with van der Waals surface area (Å²) in [6, 6.07) is 1.87. The number of rotatable bonds is 2. The summed E-state index contributed by atoms with van der Waals surface area (Å²) in [4.78, 5) is 5.60. The van der Waals surface area contributed by atoms with Crippen LogP contribution in [-0.4, -0.2) is 31.3 Å². The first-order chi connectivity index (χ1) is 8.38. The van der Waals surface area contributed by atoms with Crippen LogP contribution in [0.2, 0.25) is 5.15 Å². The number of likely N-dealkylation sites (N-methyl/N-ethyl adjacent to an activating group) is 1. The van der Waals surface area contributed by atoms with Gasteiger partial charge in [-0.3, -0.25) is 0 Å². The second kappa shape index (κ2) is 4.93. The van der Waals surface area contributed by atoms with Crippen molar-refractivity contribution < 1.29 is 17.9 Å². The number of pyridine rings is 1. The zero-order chi connectivity index (χ0) is 13.3. The van der Waals surface area contributed by atoms with Crippen molar-refractivity contribution in [3.05, 3.63) is 22.8 Å². The number of alkyl halides is 3. The molecule has 1 aliphatic heterocycles. The molecule has 7 heteroatoms. The molecule has 2 heterocycles. The minimum absolute atomic E-state index is 0.0389. The van der Waals surface area contributed by atoms with E-state index in [-0.39, 0.29) is 17.0 Å². The lowest BCUT2D eigenvalue weighted by Gasteiger charge is -2.25. The Morgan fingerprint density at radius 2 is 2.17 bits per heavy atom. The number of nitrogens with zero attached hydrogens (tertiary/aromatic N) is 2. The monoisotopic (exact) mass is 280 g/mol. The second-order valence-corrected chi connectivity index (χ2v) is 4.55. The third-order valence-corrected chi connectivity index (χ3v) is 3.12. The van der Waals surface area contributed by atoms with Gasteiger partial charge in [0.2, 0.25) is 0 Å². The van der Waals surface area contributed by atoms with Gasteiger partial charge < -0.3 is 9.64 Å². The van der Waals surface area contributed by atoms with Crippen LogP contribution in [0.4, 0.5) is 19.0 Å². The molecule has 1 aliphatic rings. The standard InChI is InChI=1S/C11H12ClF3N2O/c1-17(8-2-3-18-6-8)10-5-7(11(13,14)15)4-9(12)16-10/h4-5,8H,2-3,6H2,1H3. The number of halogens is 4. The van der Waals surface area contributed by atoms with Crippen molar-refractivity contribution >= 4 is 17.4 Å². The fourth-order valence-electron chi connectivity index (χ4n) is 1.84. The van der Waals surface area contributed by atoms with E-state index in [1.54, 1.807) is 11.9 Å². The van der Waals surface area contributed by atoms with Crippen molar-refractivity contribution in [2.24, 2.45) is 0 Å². The van der Waals surface area contributed by atoms with E-state index in [4.69, 9.17) is 16.3 Å². The number of hydrogen-bond acceptors (Lipinski definition) is 3. The van der Waals surface area contributed by atoms with Crippen molar-refractivity contribution in [1.82, 2.24) is 4.98 Å². The fourth-order valence-corrected chi connectivity index (χ4v) is 2.05. The summed E-state index contributed by atoms with van der Waals surface area (Å²) in [5.74, 6) is 0.213. The Morgan fingerprint density at radius 1 is 1.44 bits per heavy atom. The van der Waals surface area contributed by atoms with Crippen molar-refractivity contribution in [3.8, 4) is 0 Å². The highest BCUT2D eigenvalue weighted by molar-refractivity contribution is 6.29. The van der Waals surface area contributed by atoms with Crippen LogP contribution in [0.1, 0.15) is 12.0 Å². The summed E-state index contributed by atoms with van der Waals surface area (Å²) < 4.78 is 43.2. The van der Waals surface area contributed by atoms with Gasteiger partial charge >= 0.3 is 6.18 Å². The Bertz CT molecular complexity index is 433. The highest BCUT2D eigenvalue weighted by atomic mass is 35.5. The van der Waals surface area contributed by atoms with Crippen molar-refractivity contribution in [2.75, 3.05) is 25.2 Å². The zero-order valence-electron chi connectivity index (χ0n) is 9.67. The molecule has 1 unspecified atom stereocenters. The summed E-state index contributed by atoms with van der Waals surface area (Å²) in [6.07, 6.45) is -3.65. The van der Waals surface area contributed by atoms with Gasteiger partial charge in [-0.25, -0.2) is 4.98 Å². The molecule has 0 spiro atoms. The summed E-state index contributed by atoms with van der Waals surface area (Å²) in [7, 11) is 1.69. The van der Waals surface area contributed by atoms with Gasteiger partial charge in [-0.1, -0.05) is 11.6 Å². The summed E-state index contributed by atoms with van der Waals surface area (Å²) >= 11 is 5.64. The van der Waals surface area contributed by atoms with Crippen molar-refractivity contribution in [3.63, 3.8) is 0 Å². The van der Waals surface area contributed by atoms with Gasteiger partial charge in [0.25, 0.3) is 0 Å². The van der Waals surface area contributed by atoms with Gasteiger partial charge in [0.05, 0.1) is 18.2 Å². The quantitative estimate of drug-likeness (QED) is 0.779. The molecule has 1 saturated heterocycles. The van der Waals surface area contributed by atoms with E-state index in [1.807, 2.05) is 0 Å². The van der Waals surface area contributed by atoms with E-state index in [1.165, 1.54) is 0 Å². The minimum Gasteiger partial charge on any atom is -0.379 e. The molecule has 0 aliphatic carbocycles. The Labute approximate surface area is 108 Å². The maximum Gasteiger partial charge on any atom is 0.416 e. The molecule has 0 N–H and O–H groups in total. The molecule has 0 bridgehead atoms. The van der Waals surface area contributed by atoms with E-state index in [0.717, 1.165) is 18.6 Å². The molecular formula is C11H12ClF3N2O. The topological polar surface area (TPSA) is 25.4 Å². The van der Waals surface area contributed by atoms with Crippen LogP contribution in [0.5, 0.6) is 0 Å². The SMILES string of the molecule is CN(c1cc(C(F)(F)F)cc(Cl)n1)C1CCOC1. The first-order valence-corrected chi connectivity index (χ1v) is 5.81. The van der Waals surface area contributed by atoms with E-state index in [9.17, 15) is 13.2 Å². The number of ether oxygens (including phenoxy) is 1. The lowest BCUT2D eigenvalue weighted by molar-refractivity contribution is -0.137. The van der Waals surface area contributed by atoms with E-state index >= 15 is 0 Å². The minimum atomic E-state index is -4.42. The Morgan fingerprint density at radius 3 is 2.72 bits per heavy atom. The van der Waals surface area contributed by atoms with Gasteiger partial charge in [-0.05, 0) is 18.6 Å². The molecule has 1 aromatic rings. The molecule has 1 aromatic heterocycles. The highest BCUT2D eigenvalue weighted by Gasteiger charge is 2.32. The number of hydrogen-bond donors (Lipinski definition) is 0. The van der Waals surface area contributed by atoms with E-state index in [2.05, 4.69) is 4.98 Å². The first kappa shape index (κ1) is 13.4. The zero-order valence-corrected chi connectivity index (χ0v) is 10.4. The van der Waals surface area contributed by atoms with Crippen molar-refractivity contribution in [2.45, 2.75) is 18.6 Å². The molecule has 1 atom stereocenters. The normalized spacial score (nSPS) is 20.2. The molecule has 0 saturated carbocycles. The maximum atomic E-state index is 12.7. The Balaban J connectivity index is 2.29. The Hall–Kier alpha value is -1.01. The first-order valence-electron chi connectivity index (χ1n) is 5.43. The van der Waals surface area contributed by atoms with E-state index < -0.39 is 11.7 Å². The smallest absolute Gasteiger partial charge is 0.379 e. The summed E-state index contributed by atoms with van der Waals surface area (Å²) in [6.45, 7) is 1.10. The average Bonchev–Trinajstić information content (AvgIpc) is 2.79. The summed E-state index contributed by atoms with van der Waals surface area (Å²) in [5.41, 5.74) is -0.789. The predicted octanol–water partition coefficient (Wildman–Crippen LogP) is 2.98. The third kappa shape index (κ3) is 2.87. The lowest BCUT2D eigenvalue weighted by Crippen LogP contribution is -2.32. The van der Waals surface area contributed by atoms with Gasteiger partial charge in [-0.2, -0.15) is 13.2 Å². The van der Waals surface area contributed by atoms with Gasteiger partial charge in [0.1, 0.15) is 11.0 Å². The molecular weight excluding hydrogens is 269 g/mol. The predicted molar refractivity (Wildman–Crippen MR) is 61.9 cm³/mol.